The zero-order chi connectivity index (χ0) is 6.91. The first-order chi connectivity index (χ1) is 4.25. The number of hydrogen-bond donors (Lipinski definition) is 0. The highest BCUT2D eigenvalue weighted by Gasteiger charge is 2.47. The molecule has 0 aromatic carbocycles. The molecule has 0 heterocycles. The maximum Gasteiger partial charge on any atom is 0.0694 e. The highest BCUT2D eigenvalue weighted by atomic mass is 15.2. The second kappa shape index (κ2) is 1.78. The minimum atomic E-state index is -0.227. The largest absolute Gasteiger partial charge is 0.102 e. The number of nitrogens with zero attached hydrogens (tertiary/aromatic N) is 3. The maximum absolute atomic E-state index is 8.10. The number of rotatable bonds is 2. The summed E-state index contributed by atoms with van der Waals surface area (Å²) in [5, 5.41) is 3.63. The van der Waals surface area contributed by atoms with Gasteiger partial charge in [0, 0.05) is 4.91 Å². The minimum absolute atomic E-state index is 0.227. The van der Waals surface area contributed by atoms with E-state index >= 15 is 0 Å². The van der Waals surface area contributed by atoms with Gasteiger partial charge in [0.05, 0.1) is 5.54 Å². The fourth-order valence-corrected chi connectivity index (χ4v) is 0.980. The third-order valence-electron chi connectivity index (χ3n) is 1.91. The molecule has 2 unspecified atom stereocenters. The van der Waals surface area contributed by atoms with Crippen molar-refractivity contribution in [3.05, 3.63) is 23.1 Å². The first-order valence-electron chi connectivity index (χ1n) is 2.95. The van der Waals surface area contributed by atoms with Crippen molar-refractivity contribution in [2.24, 2.45) is 11.0 Å². The van der Waals surface area contributed by atoms with E-state index in [1.54, 1.807) is 6.08 Å². The van der Waals surface area contributed by atoms with Crippen molar-refractivity contribution in [3.8, 4) is 0 Å². The van der Waals surface area contributed by atoms with Gasteiger partial charge in [-0.25, -0.2) is 0 Å². The molecule has 3 nitrogen and oxygen atoms in total. The van der Waals surface area contributed by atoms with Crippen LogP contribution in [0.1, 0.15) is 13.3 Å². The van der Waals surface area contributed by atoms with Gasteiger partial charge < -0.3 is 0 Å². The number of hydrogen-bond acceptors (Lipinski definition) is 1. The lowest BCUT2D eigenvalue weighted by molar-refractivity contribution is 0.752. The highest BCUT2D eigenvalue weighted by molar-refractivity contribution is 5.19. The average molecular weight is 123 g/mol. The van der Waals surface area contributed by atoms with Crippen LogP contribution in [0.25, 0.3) is 10.4 Å². The lowest BCUT2D eigenvalue weighted by Crippen LogP contribution is -1.99. The van der Waals surface area contributed by atoms with Crippen LogP contribution in [0.2, 0.25) is 0 Å². The number of azide groups is 1. The van der Waals surface area contributed by atoms with Crippen molar-refractivity contribution in [1.29, 1.82) is 0 Å². The zero-order valence-corrected chi connectivity index (χ0v) is 5.41. The van der Waals surface area contributed by atoms with Crippen LogP contribution < -0.4 is 0 Å². The Kier molecular flexibility index (Phi) is 1.22. The van der Waals surface area contributed by atoms with Crippen LogP contribution in [0.15, 0.2) is 17.8 Å². The molecule has 0 amide bonds. The molecular formula is C6H9N3. The predicted octanol–water partition coefficient (Wildman–Crippen LogP) is 2.26. The van der Waals surface area contributed by atoms with E-state index in [0.717, 1.165) is 6.42 Å². The van der Waals surface area contributed by atoms with E-state index in [-0.39, 0.29) is 5.54 Å². The van der Waals surface area contributed by atoms with Crippen molar-refractivity contribution >= 4 is 0 Å². The summed E-state index contributed by atoms with van der Waals surface area (Å²) in [7, 11) is 0. The topological polar surface area (TPSA) is 48.8 Å². The van der Waals surface area contributed by atoms with Gasteiger partial charge in [-0.3, -0.25) is 0 Å². The van der Waals surface area contributed by atoms with Crippen molar-refractivity contribution in [1.82, 2.24) is 0 Å². The van der Waals surface area contributed by atoms with Gasteiger partial charge in [0.15, 0.2) is 0 Å². The Hall–Kier alpha value is -0.950. The second-order valence-corrected chi connectivity index (χ2v) is 2.49. The summed E-state index contributed by atoms with van der Waals surface area (Å²) in [5.74, 6) is 0.492. The fourth-order valence-electron chi connectivity index (χ4n) is 0.980. The molecule has 0 bridgehead atoms. The molecule has 48 valence electrons. The summed E-state index contributed by atoms with van der Waals surface area (Å²) in [4.78, 5) is 2.74. The van der Waals surface area contributed by atoms with Crippen LogP contribution in [-0.2, 0) is 0 Å². The Morgan fingerprint density at radius 2 is 2.56 bits per heavy atom. The Balaban J connectivity index is 2.73. The van der Waals surface area contributed by atoms with E-state index in [9.17, 15) is 0 Å². The van der Waals surface area contributed by atoms with Crippen LogP contribution in [0.4, 0.5) is 0 Å². The molecule has 2 atom stereocenters. The summed E-state index contributed by atoms with van der Waals surface area (Å²) < 4.78 is 0. The van der Waals surface area contributed by atoms with E-state index < -0.39 is 0 Å². The Bertz CT molecular complexity index is 181. The molecule has 9 heavy (non-hydrogen) atoms. The van der Waals surface area contributed by atoms with E-state index in [1.807, 2.05) is 0 Å². The predicted molar refractivity (Wildman–Crippen MR) is 35.9 cm³/mol. The monoisotopic (exact) mass is 123 g/mol. The summed E-state index contributed by atoms with van der Waals surface area (Å²) in [5.41, 5.74) is 7.87. The molecule has 0 radical (unpaired) electrons. The molecule has 1 aliphatic carbocycles. The third kappa shape index (κ3) is 0.794. The van der Waals surface area contributed by atoms with Gasteiger partial charge in [0.25, 0.3) is 0 Å². The summed E-state index contributed by atoms with van der Waals surface area (Å²) in [6, 6.07) is 0. The fraction of sp³-hybridized carbons (Fsp3) is 0.667. The van der Waals surface area contributed by atoms with Crippen LogP contribution >= 0.6 is 0 Å². The lowest BCUT2D eigenvalue weighted by Gasteiger charge is -1.96. The summed E-state index contributed by atoms with van der Waals surface area (Å²) >= 11 is 0. The van der Waals surface area contributed by atoms with E-state index in [2.05, 4.69) is 23.5 Å². The van der Waals surface area contributed by atoms with Crippen molar-refractivity contribution in [2.75, 3.05) is 0 Å². The second-order valence-electron chi connectivity index (χ2n) is 2.49. The first-order valence-corrected chi connectivity index (χ1v) is 2.95. The van der Waals surface area contributed by atoms with Gasteiger partial charge in [-0.15, -0.1) is 6.58 Å². The standard InChI is InChI=1S/C6H9N3/c1-3-6(8-9-7)4-5(6)2/h3,5H,1,4H2,2H3. The molecule has 1 saturated carbocycles. The van der Waals surface area contributed by atoms with Gasteiger partial charge >= 0.3 is 0 Å². The van der Waals surface area contributed by atoms with E-state index in [1.165, 1.54) is 0 Å². The molecule has 1 fully saturated rings. The zero-order valence-electron chi connectivity index (χ0n) is 5.41. The smallest absolute Gasteiger partial charge is 0.0694 e. The molecule has 0 N–H and O–H groups in total. The van der Waals surface area contributed by atoms with Gasteiger partial charge in [0.1, 0.15) is 0 Å². The van der Waals surface area contributed by atoms with E-state index in [4.69, 9.17) is 5.53 Å². The molecule has 0 aliphatic heterocycles. The van der Waals surface area contributed by atoms with Gasteiger partial charge in [-0.05, 0) is 17.9 Å². The van der Waals surface area contributed by atoms with Crippen molar-refractivity contribution in [2.45, 2.75) is 18.9 Å². The Labute approximate surface area is 54.0 Å². The SMILES string of the molecule is C=CC1(N=[N+]=[N-])CC1C. The lowest BCUT2D eigenvalue weighted by atomic mass is 10.2. The van der Waals surface area contributed by atoms with Crippen molar-refractivity contribution < 1.29 is 0 Å². The summed E-state index contributed by atoms with van der Waals surface area (Å²) in [6.07, 6.45) is 2.69. The van der Waals surface area contributed by atoms with Gasteiger partial charge in [-0.1, -0.05) is 18.1 Å². The average Bonchev–Trinajstić information content (AvgIpc) is 2.45. The minimum Gasteiger partial charge on any atom is -0.102 e. The van der Waals surface area contributed by atoms with Crippen LogP contribution in [0, 0.1) is 5.92 Å². The molecule has 0 saturated heterocycles. The maximum atomic E-state index is 8.10. The normalized spacial score (nSPS) is 39.0. The Morgan fingerprint density at radius 1 is 2.00 bits per heavy atom. The quantitative estimate of drug-likeness (QED) is 0.234. The van der Waals surface area contributed by atoms with E-state index in [0.29, 0.717) is 5.92 Å². The van der Waals surface area contributed by atoms with Crippen LogP contribution in [0.5, 0.6) is 0 Å². The Morgan fingerprint density at radius 3 is 2.67 bits per heavy atom. The van der Waals surface area contributed by atoms with Crippen LogP contribution in [-0.4, -0.2) is 5.54 Å². The molecule has 0 spiro atoms. The molecule has 0 aromatic heterocycles. The first kappa shape index (κ1) is 6.17. The third-order valence-corrected chi connectivity index (χ3v) is 1.91. The summed E-state index contributed by atoms with van der Waals surface area (Å²) in [6.45, 7) is 5.65. The highest BCUT2D eigenvalue weighted by Crippen LogP contribution is 2.47. The van der Waals surface area contributed by atoms with Gasteiger partial charge in [-0.2, -0.15) is 0 Å². The molecular weight excluding hydrogens is 114 g/mol. The van der Waals surface area contributed by atoms with Crippen LogP contribution in [0.3, 0.4) is 0 Å². The molecule has 0 aromatic rings. The molecule has 1 rings (SSSR count). The van der Waals surface area contributed by atoms with Crippen molar-refractivity contribution in [3.63, 3.8) is 0 Å². The molecule has 3 heteroatoms. The molecule has 1 aliphatic rings. The van der Waals surface area contributed by atoms with Gasteiger partial charge in [0.2, 0.25) is 0 Å².